The van der Waals surface area contributed by atoms with Crippen LogP contribution in [0.15, 0.2) is 5.10 Å². The fraction of sp³-hybridized carbons (Fsp3) is 0.643. The second-order valence-corrected chi connectivity index (χ2v) is 8.34. The summed E-state index contributed by atoms with van der Waals surface area (Å²) >= 11 is 5.09. The minimum atomic E-state index is -2.95. The summed E-state index contributed by atoms with van der Waals surface area (Å²) in [7, 11) is -1.33. The molecule has 0 bridgehead atoms. The van der Waals surface area contributed by atoms with E-state index in [0.29, 0.717) is 24.7 Å². The van der Waals surface area contributed by atoms with Crippen LogP contribution in [0.3, 0.4) is 0 Å². The third kappa shape index (κ3) is 4.74. The van der Waals surface area contributed by atoms with Gasteiger partial charge in [-0.25, -0.2) is 8.42 Å². The van der Waals surface area contributed by atoms with Crippen LogP contribution in [0.4, 0.5) is 0 Å². The van der Waals surface area contributed by atoms with Gasteiger partial charge in [-0.1, -0.05) is 0 Å². The summed E-state index contributed by atoms with van der Waals surface area (Å²) in [6.07, 6.45) is 2.26. The molecule has 1 aliphatic rings. The molecule has 2 N–H and O–H groups in total. The van der Waals surface area contributed by atoms with Crippen LogP contribution in [-0.4, -0.2) is 61.3 Å². The Morgan fingerprint density at radius 1 is 1.54 bits per heavy atom. The Balaban J connectivity index is 2.01. The summed E-state index contributed by atoms with van der Waals surface area (Å²) in [6.45, 7) is 4.95. The number of aryl methyl sites for hydroxylation is 1. The molecule has 24 heavy (non-hydrogen) atoms. The van der Waals surface area contributed by atoms with Crippen LogP contribution in [-0.2, 0) is 14.6 Å². The van der Waals surface area contributed by atoms with Crippen molar-refractivity contribution in [3.8, 4) is 0 Å². The fourth-order valence-electron chi connectivity index (χ4n) is 2.65. The van der Waals surface area contributed by atoms with E-state index in [9.17, 15) is 8.42 Å². The van der Waals surface area contributed by atoms with E-state index < -0.39 is 9.84 Å². The van der Waals surface area contributed by atoms with Crippen molar-refractivity contribution in [3.05, 3.63) is 17.0 Å². The van der Waals surface area contributed by atoms with Gasteiger partial charge in [0.2, 0.25) is 0 Å². The number of sulfone groups is 1. The van der Waals surface area contributed by atoms with E-state index in [1.165, 1.54) is 0 Å². The lowest BCUT2D eigenvalue weighted by molar-refractivity contribution is 0.204. The minimum absolute atomic E-state index is 0.0967. The summed E-state index contributed by atoms with van der Waals surface area (Å²) in [6, 6.07) is -0.0967. The average molecular weight is 374 g/mol. The number of nitrogens with zero attached hydrogens (tertiary/aromatic N) is 3. The molecule has 1 saturated heterocycles. The highest BCUT2D eigenvalue weighted by Gasteiger charge is 2.31. The quantitative estimate of drug-likeness (QED) is 0.320. The van der Waals surface area contributed by atoms with E-state index >= 15 is 0 Å². The normalized spacial score (nSPS) is 19.7. The second kappa shape index (κ2) is 8.04. The smallest absolute Gasteiger partial charge is 0.187 e. The van der Waals surface area contributed by atoms with E-state index in [0.717, 1.165) is 17.0 Å². The van der Waals surface area contributed by atoms with Gasteiger partial charge >= 0.3 is 0 Å². The minimum Gasteiger partial charge on any atom is -0.383 e. The van der Waals surface area contributed by atoms with Crippen LogP contribution < -0.4 is 10.7 Å². The predicted octanol–water partition coefficient (Wildman–Crippen LogP) is 0.304. The van der Waals surface area contributed by atoms with Gasteiger partial charge in [0.25, 0.3) is 0 Å². The van der Waals surface area contributed by atoms with Gasteiger partial charge in [-0.3, -0.25) is 10.1 Å². The molecular formula is C14H23N5O3S2. The first-order valence-corrected chi connectivity index (χ1v) is 9.89. The highest BCUT2D eigenvalue weighted by atomic mass is 32.2. The number of ether oxygens (including phenoxy) is 1. The molecule has 0 amide bonds. The van der Waals surface area contributed by atoms with Crippen molar-refractivity contribution in [2.45, 2.75) is 26.3 Å². The highest BCUT2D eigenvalue weighted by molar-refractivity contribution is 7.91. The van der Waals surface area contributed by atoms with E-state index in [1.807, 2.05) is 13.8 Å². The lowest BCUT2D eigenvalue weighted by Crippen LogP contribution is -2.34. The molecular weight excluding hydrogens is 350 g/mol. The number of nitrogens with one attached hydrogen (secondary N) is 2. The van der Waals surface area contributed by atoms with E-state index in [1.54, 1.807) is 18.0 Å². The van der Waals surface area contributed by atoms with Crippen molar-refractivity contribution < 1.29 is 13.2 Å². The van der Waals surface area contributed by atoms with Gasteiger partial charge in [0, 0.05) is 24.9 Å². The molecule has 0 aromatic carbocycles. The van der Waals surface area contributed by atoms with Crippen molar-refractivity contribution in [2.24, 2.45) is 5.10 Å². The zero-order valence-electron chi connectivity index (χ0n) is 14.1. The van der Waals surface area contributed by atoms with Gasteiger partial charge in [-0.05, 0) is 32.5 Å². The SMILES string of the molecule is COCCNC(=S)N/N=C\c1c(C)nn([C@@H]2CCS(=O)(=O)C2)c1C. The van der Waals surface area contributed by atoms with Gasteiger partial charge in [-0.15, -0.1) is 0 Å². The highest BCUT2D eigenvalue weighted by Crippen LogP contribution is 2.26. The van der Waals surface area contributed by atoms with Gasteiger partial charge in [0.05, 0.1) is 36.1 Å². The summed E-state index contributed by atoms with van der Waals surface area (Å²) in [5.41, 5.74) is 5.31. The van der Waals surface area contributed by atoms with Gasteiger partial charge in [0.1, 0.15) is 0 Å². The monoisotopic (exact) mass is 373 g/mol. The Morgan fingerprint density at radius 3 is 2.92 bits per heavy atom. The first-order valence-electron chi connectivity index (χ1n) is 7.66. The van der Waals surface area contributed by atoms with Crippen LogP contribution in [0, 0.1) is 13.8 Å². The first kappa shape index (κ1) is 18.8. The Bertz CT molecular complexity index is 727. The topological polar surface area (TPSA) is 97.6 Å². The first-order chi connectivity index (χ1) is 11.3. The Labute approximate surface area is 147 Å². The van der Waals surface area contributed by atoms with Gasteiger partial charge < -0.3 is 10.1 Å². The molecule has 2 heterocycles. The number of methoxy groups -OCH3 is 1. The van der Waals surface area contributed by atoms with E-state index in [4.69, 9.17) is 17.0 Å². The summed E-state index contributed by atoms with van der Waals surface area (Å²) in [5.74, 6) is 0.375. The van der Waals surface area contributed by atoms with Crippen LogP contribution in [0.1, 0.15) is 29.4 Å². The van der Waals surface area contributed by atoms with E-state index in [-0.39, 0.29) is 17.5 Å². The number of hydrogen-bond donors (Lipinski definition) is 2. The average Bonchev–Trinajstić information content (AvgIpc) is 3.01. The molecule has 134 valence electrons. The largest absolute Gasteiger partial charge is 0.383 e. The molecule has 1 atom stereocenters. The maximum Gasteiger partial charge on any atom is 0.187 e. The molecule has 0 unspecified atom stereocenters. The molecule has 0 spiro atoms. The van der Waals surface area contributed by atoms with E-state index in [2.05, 4.69) is 20.9 Å². The maximum absolute atomic E-state index is 11.7. The zero-order valence-corrected chi connectivity index (χ0v) is 15.7. The molecule has 2 rings (SSSR count). The molecule has 0 saturated carbocycles. The Hall–Kier alpha value is -1.52. The fourth-order valence-corrected chi connectivity index (χ4v) is 4.49. The van der Waals surface area contributed by atoms with Gasteiger partial charge in [-0.2, -0.15) is 10.2 Å². The number of aromatic nitrogens is 2. The number of rotatable bonds is 6. The zero-order chi connectivity index (χ0) is 17.7. The van der Waals surface area contributed by atoms with Gasteiger partial charge in [0.15, 0.2) is 14.9 Å². The molecule has 1 fully saturated rings. The summed E-state index contributed by atoms with van der Waals surface area (Å²) < 4.78 is 30.1. The van der Waals surface area contributed by atoms with Crippen molar-refractivity contribution >= 4 is 33.4 Å². The van der Waals surface area contributed by atoms with Crippen molar-refractivity contribution in [2.75, 3.05) is 31.8 Å². The molecule has 0 aliphatic carbocycles. The Kier molecular flexibility index (Phi) is 6.30. The lowest BCUT2D eigenvalue weighted by Gasteiger charge is -2.10. The van der Waals surface area contributed by atoms with Crippen LogP contribution in [0.2, 0.25) is 0 Å². The third-order valence-corrected chi connectivity index (χ3v) is 5.87. The molecule has 1 aromatic rings. The van der Waals surface area contributed by atoms with Crippen LogP contribution in [0.25, 0.3) is 0 Å². The molecule has 0 radical (unpaired) electrons. The predicted molar refractivity (Wildman–Crippen MR) is 97.2 cm³/mol. The molecule has 10 heteroatoms. The molecule has 1 aliphatic heterocycles. The Morgan fingerprint density at radius 2 is 2.29 bits per heavy atom. The third-order valence-electron chi connectivity index (χ3n) is 3.89. The lowest BCUT2D eigenvalue weighted by atomic mass is 10.2. The molecule has 8 nitrogen and oxygen atoms in total. The van der Waals surface area contributed by atoms with Crippen molar-refractivity contribution in [1.29, 1.82) is 0 Å². The van der Waals surface area contributed by atoms with Crippen LogP contribution >= 0.6 is 12.2 Å². The standard InChI is InChI=1S/C14H23N5O3S2/c1-10-13(8-16-17-14(23)15-5-6-22-3)11(2)19(18-10)12-4-7-24(20,21)9-12/h8,12H,4-7,9H2,1-3H3,(H2,15,17,23)/b16-8-/t12-/m1/s1. The maximum atomic E-state index is 11.7. The molecule has 1 aromatic heterocycles. The van der Waals surface area contributed by atoms with Crippen molar-refractivity contribution in [3.63, 3.8) is 0 Å². The number of hydrazone groups is 1. The second-order valence-electron chi connectivity index (χ2n) is 5.70. The van der Waals surface area contributed by atoms with Crippen LogP contribution in [0.5, 0.6) is 0 Å². The summed E-state index contributed by atoms with van der Waals surface area (Å²) in [4.78, 5) is 0. The summed E-state index contributed by atoms with van der Waals surface area (Å²) in [5, 5.41) is 12.0. The van der Waals surface area contributed by atoms with Crippen molar-refractivity contribution in [1.82, 2.24) is 20.5 Å². The number of hydrogen-bond acceptors (Lipinski definition) is 6. The number of thiocarbonyl (C=S) groups is 1.